The summed E-state index contributed by atoms with van der Waals surface area (Å²) in [7, 11) is -1.67. The first kappa shape index (κ1) is 12.2. The van der Waals surface area contributed by atoms with Gasteiger partial charge in [-0.1, -0.05) is 20.8 Å². The molecule has 3 nitrogen and oxygen atoms in total. The summed E-state index contributed by atoms with van der Waals surface area (Å²) in [5, 5.41) is 12.8. The molecule has 0 saturated carbocycles. The summed E-state index contributed by atoms with van der Waals surface area (Å²) < 4.78 is 6.10. The zero-order chi connectivity index (χ0) is 11.0. The molecule has 2 N–H and O–H groups in total. The maximum absolute atomic E-state index is 9.37. The van der Waals surface area contributed by atoms with Gasteiger partial charge in [0.25, 0.3) is 0 Å². The molecule has 0 radical (unpaired) electrons. The van der Waals surface area contributed by atoms with Crippen LogP contribution in [0.25, 0.3) is 0 Å². The number of aliphatic hydroxyl groups is 1. The highest BCUT2D eigenvalue weighted by Crippen LogP contribution is 2.37. The highest BCUT2D eigenvalue weighted by atomic mass is 28.4. The van der Waals surface area contributed by atoms with Crippen LogP contribution >= 0.6 is 0 Å². The second kappa shape index (κ2) is 3.93. The van der Waals surface area contributed by atoms with Crippen LogP contribution < -0.4 is 5.32 Å². The quantitative estimate of drug-likeness (QED) is 0.692. The van der Waals surface area contributed by atoms with Crippen LogP contribution in [0.1, 0.15) is 27.2 Å². The molecule has 1 heterocycles. The Labute approximate surface area is 88.0 Å². The van der Waals surface area contributed by atoms with Crippen molar-refractivity contribution in [3.8, 4) is 0 Å². The zero-order valence-electron chi connectivity index (χ0n) is 9.92. The molecule has 14 heavy (non-hydrogen) atoms. The molecule has 0 bridgehead atoms. The van der Waals surface area contributed by atoms with E-state index < -0.39 is 8.32 Å². The first-order chi connectivity index (χ1) is 6.22. The van der Waals surface area contributed by atoms with Gasteiger partial charge in [0.15, 0.2) is 8.32 Å². The van der Waals surface area contributed by atoms with Crippen molar-refractivity contribution < 1.29 is 9.53 Å². The van der Waals surface area contributed by atoms with Crippen molar-refractivity contribution in [1.82, 2.24) is 5.32 Å². The number of hydrogen-bond donors (Lipinski definition) is 2. The van der Waals surface area contributed by atoms with Gasteiger partial charge in [0.1, 0.15) is 0 Å². The lowest BCUT2D eigenvalue weighted by molar-refractivity contribution is 0.137. The lowest BCUT2D eigenvalue weighted by atomic mass is 10.2. The molecule has 4 heteroatoms. The van der Waals surface area contributed by atoms with Gasteiger partial charge in [0.2, 0.25) is 0 Å². The predicted molar refractivity (Wildman–Crippen MR) is 60.7 cm³/mol. The molecule has 0 spiro atoms. The summed E-state index contributed by atoms with van der Waals surface area (Å²) >= 11 is 0. The van der Waals surface area contributed by atoms with Gasteiger partial charge in [-0.15, -0.1) is 0 Å². The molecule has 0 unspecified atom stereocenters. The second-order valence-electron chi connectivity index (χ2n) is 5.66. The minimum Gasteiger partial charge on any atom is -0.402 e. The molecule has 84 valence electrons. The fraction of sp³-hybridized carbons (Fsp3) is 1.00. The van der Waals surface area contributed by atoms with E-state index in [1.165, 1.54) is 0 Å². The van der Waals surface area contributed by atoms with E-state index in [9.17, 15) is 5.11 Å². The van der Waals surface area contributed by atoms with Gasteiger partial charge in [0, 0.05) is 13.0 Å². The lowest BCUT2D eigenvalue weighted by Crippen LogP contribution is -2.46. The largest absolute Gasteiger partial charge is 0.402 e. The summed E-state index contributed by atoms with van der Waals surface area (Å²) in [6.07, 6.45) is 0.558. The number of rotatable bonds is 2. The predicted octanol–water partition coefficient (Wildman–Crippen LogP) is 1.69. The van der Waals surface area contributed by atoms with Crippen LogP contribution in [0.3, 0.4) is 0 Å². The van der Waals surface area contributed by atoms with Gasteiger partial charge in [-0.05, 0) is 18.1 Å². The van der Waals surface area contributed by atoms with Crippen LogP contribution in [-0.4, -0.2) is 32.3 Å². The van der Waals surface area contributed by atoms with Crippen LogP contribution in [-0.2, 0) is 4.43 Å². The molecular weight excluding hydrogens is 194 g/mol. The maximum atomic E-state index is 9.37. The van der Waals surface area contributed by atoms with Crippen LogP contribution in [0.5, 0.6) is 0 Å². The fourth-order valence-electron chi connectivity index (χ4n) is 1.30. The van der Waals surface area contributed by atoms with Gasteiger partial charge < -0.3 is 9.53 Å². The molecule has 0 aromatic carbocycles. The third-order valence-corrected chi connectivity index (χ3v) is 7.80. The molecule has 1 saturated heterocycles. The fourth-order valence-corrected chi connectivity index (χ4v) is 2.55. The number of β-amino-alcohol motifs (C(OH)–C–C–N with tert-alkyl or cyclic N) is 1. The summed E-state index contributed by atoms with van der Waals surface area (Å²) in [4.78, 5) is 0. The molecule has 0 aromatic rings. The Balaban J connectivity index is 2.51. The van der Waals surface area contributed by atoms with E-state index >= 15 is 0 Å². The molecular formula is C10H23NO2Si. The molecule has 0 amide bonds. The van der Waals surface area contributed by atoms with E-state index in [2.05, 4.69) is 39.2 Å². The Morgan fingerprint density at radius 3 is 2.29 bits per heavy atom. The van der Waals surface area contributed by atoms with Crippen molar-refractivity contribution in [2.75, 3.05) is 6.54 Å². The Hall–Kier alpha value is 0.0969. The molecule has 1 fully saturated rings. The third-order valence-electron chi connectivity index (χ3n) is 3.31. The summed E-state index contributed by atoms with van der Waals surface area (Å²) in [5.41, 5.74) is 0. The first-order valence-electron chi connectivity index (χ1n) is 5.31. The molecule has 0 aliphatic carbocycles. The second-order valence-corrected chi connectivity index (χ2v) is 10.4. The molecule has 1 aliphatic rings. The lowest BCUT2D eigenvalue weighted by Gasteiger charge is -2.38. The topological polar surface area (TPSA) is 41.5 Å². The van der Waals surface area contributed by atoms with E-state index in [4.69, 9.17) is 4.43 Å². The standard InChI is InChI=1S/C10H23NO2Si/c1-10(2,3)14(4,5)13-9-6-8(12)7-11-9/h8-9,11-12H,6-7H2,1-5H3/t8-,9+/m1/s1. The first-order valence-corrected chi connectivity index (χ1v) is 8.22. The summed E-state index contributed by atoms with van der Waals surface area (Å²) in [6.45, 7) is 11.8. The Bertz CT molecular complexity index is 201. The number of nitrogens with one attached hydrogen (secondary N) is 1. The number of hydrogen-bond acceptors (Lipinski definition) is 3. The molecule has 2 atom stereocenters. The summed E-state index contributed by atoms with van der Waals surface area (Å²) in [5.74, 6) is 0. The minimum atomic E-state index is -1.67. The zero-order valence-corrected chi connectivity index (χ0v) is 10.9. The molecule has 1 aliphatic heterocycles. The highest BCUT2D eigenvalue weighted by Gasteiger charge is 2.40. The molecule has 1 rings (SSSR count). The third kappa shape index (κ3) is 2.79. The highest BCUT2D eigenvalue weighted by molar-refractivity contribution is 6.74. The minimum absolute atomic E-state index is 0.0610. The van der Waals surface area contributed by atoms with Gasteiger partial charge >= 0.3 is 0 Å². The SMILES string of the molecule is CC(C)(C)[Si](C)(C)O[C@H]1C[C@@H](O)CN1. The van der Waals surface area contributed by atoms with Crippen molar-refractivity contribution in [2.24, 2.45) is 0 Å². The maximum Gasteiger partial charge on any atom is 0.194 e. The van der Waals surface area contributed by atoms with E-state index in [1.807, 2.05) is 0 Å². The van der Waals surface area contributed by atoms with Crippen molar-refractivity contribution in [3.63, 3.8) is 0 Å². The van der Waals surface area contributed by atoms with Crippen molar-refractivity contribution >= 4 is 8.32 Å². The van der Waals surface area contributed by atoms with Crippen LogP contribution in [0.4, 0.5) is 0 Å². The van der Waals surface area contributed by atoms with Gasteiger partial charge in [-0.3, -0.25) is 5.32 Å². The Morgan fingerprint density at radius 2 is 1.93 bits per heavy atom. The van der Waals surface area contributed by atoms with E-state index in [0.717, 1.165) is 6.42 Å². The van der Waals surface area contributed by atoms with Gasteiger partial charge in [0.05, 0.1) is 12.3 Å². The number of aliphatic hydroxyl groups excluding tert-OH is 1. The van der Waals surface area contributed by atoms with Crippen molar-refractivity contribution in [2.45, 2.75) is 57.7 Å². The van der Waals surface area contributed by atoms with Gasteiger partial charge in [-0.25, -0.2) is 0 Å². The van der Waals surface area contributed by atoms with Crippen LogP contribution in [0, 0.1) is 0 Å². The molecule has 0 aromatic heterocycles. The van der Waals surface area contributed by atoms with E-state index in [-0.39, 0.29) is 17.4 Å². The van der Waals surface area contributed by atoms with Crippen molar-refractivity contribution in [3.05, 3.63) is 0 Å². The van der Waals surface area contributed by atoms with Gasteiger partial charge in [-0.2, -0.15) is 0 Å². The average Bonchev–Trinajstić information content (AvgIpc) is 2.31. The Morgan fingerprint density at radius 1 is 1.36 bits per heavy atom. The van der Waals surface area contributed by atoms with E-state index in [0.29, 0.717) is 6.54 Å². The smallest absolute Gasteiger partial charge is 0.194 e. The normalized spacial score (nSPS) is 29.6. The van der Waals surface area contributed by atoms with Crippen LogP contribution in [0.2, 0.25) is 18.1 Å². The monoisotopic (exact) mass is 217 g/mol. The summed E-state index contributed by atoms with van der Waals surface area (Å²) in [6, 6.07) is 0. The average molecular weight is 217 g/mol. The van der Waals surface area contributed by atoms with Crippen molar-refractivity contribution in [1.29, 1.82) is 0 Å². The van der Waals surface area contributed by atoms with Crippen LogP contribution in [0.15, 0.2) is 0 Å². The van der Waals surface area contributed by atoms with E-state index in [1.54, 1.807) is 0 Å². The Kier molecular flexibility index (Phi) is 3.41.